The van der Waals surface area contributed by atoms with Gasteiger partial charge in [0, 0.05) is 11.4 Å². The molecule has 3 heterocycles. The number of benzene rings is 1. The molecular formula is C20H19FN6OS. The molecule has 4 N–H and O–H groups in total. The zero-order chi connectivity index (χ0) is 20.1. The van der Waals surface area contributed by atoms with E-state index >= 15 is 0 Å². The van der Waals surface area contributed by atoms with Crippen molar-refractivity contribution in [2.75, 3.05) is 10.6 Å². The van der Waals surface area contributed by atoms with Crippen molar-refractivity contribution in [2.45, 2.75) is 19.0 Å². The second-order valence-electron chi connectivity index (χ2n) is 6.36. The van der Waals surface area contributed by atoms with E-state index in [-0.39, 0.29) is 11.9 Å². The molecule has 0 amide bonds. The highest BCUT2D eigenvalue weighted by Gasteiger charge is 2.12. The van der Waals surface area contributed by atoms with Crippen LogP contribution >= 0.6 is 11.3 Å². The summed E-state index contributed by atoms with van der Waals surface area (Å²) >= 11 is 1.44. The van der Waals surface area contributed by atoms with Crippen molar-refractivity contribution in [3.05, 3.63) is 83.3 Å². The Balaban J connectivity index is 1.37. The van der Waals surface area contributed by atoms with E-state index in [4.69, 9.17) is 10.2 Å². The predicted octanol–water partition coefficient (Wildman–Crippen LogP) is 4.26. The van der Waals surface area contributed by atoms with E-state index in [1.54, 1.807) is 24.5 Å². The Morgan fingerprint density at radius 2 is 1.97 bits per heavy atom. The fourth-order valence-electron chi connectivity index (χ4n) is 2.72. The zero-order valence-corrected chi connectivity index (χ0v) is 16.2. The number of halogens is 1. The molecule has 1 unspecified atom stereocenters. The van der Waals surface area contributed by atoms with E-state index in [2.05, 4.69) is 25.6 Å². The van der Waals surface area contributed by atoms with Gasteiger partial charge in [-0.2, -0.15) is 0 Å². The first kappa shape index (κ1) is 19.0. The molecule has 0 aliphatic heterocycles. The number of hydrogen-bond donors (Lipinski definition) is 3. The van der Waals surface area contributed by atoms with Crippen LogP contribution in [-0.4, -0.2) is 15.0 Å². The minimum atomic E-state index is -0.275. The number of anilines is 3. The van der Waals surface area contributed by atoms with E-state index < -0.39 is 0 Å². The van der Waals surface area contributed by atoms with Crippen molar-refractivity contribution in [3.8, 4) is 0 Å². The second kappa shape index (κ2) is 8.80. The largest absolute Gasteiger partial charge is 0.467 e. The Labute approximate surface area is 170 Å². The van der Waals surface area contributed by atoms with Gasteiger partial charge in [-0.25, -0.2) is 19.3 Å². The SMILES string of the molecule is NC(Cc1ccc(F)cc1)c1csc(Nc2cc(NCc3ccco3)ncn2)n1. The smallest absolute Gasteiger partial charge is 0.188 e. The Kier molecular flexibility index (Phi) is 5.78. The zero-order valence-electron chi connectivity index (χ0n) is 15.4. The molecule has 148 valence electrons. The highest BCUT2D eigenvalue weighted by Crippen LogP contribution is 2.25. The first-order chi connectivity index (χ1) is 14.2. The molecule has 9 heteroatoms. The third-order valence-corrected chi connectivity index (χ3v) is 4.97. The van der Waals surface area contributed by atoms with Gasteiger partial charge in [0.2, 0.25) is 0 Å². The Morgan fingerprint density at radius 3 is 2.76 bits per heavy atom. The van der Waals surface area contributed by atoms with Crippen molar-refractivity contribution in [3.63, 3.8) is 0 Å². The van der Waals surface area contributed by atoms with E-state index in [0.717, 1.165) is 17.0 Å². The standard InChI is InChI=1S/C20H19FN6OS/c21-14-5-3-13(4-6-14)8-16(22)17-11-29-20(26-17)27-19-9-18(24-12-25-19)23-10-15-2-1-7-28-15/h1-7,9,11-12,16H,8,10,22H2,(H2,23,24,25,26,27). The third-order valence-electron chi connectivity index (χ3n) is 4.20. The van der Waals surface area contributed by atoms with Crippen LogP contribution in [0.4, 0.5) is 21.2 Å². The average Bonchev–Trinajstić information content (AvgIpc) is 3.41. The summed E-state index contributed by atoms with van der Waals surface area (Å²) in [4.78, 5) is 13.0. The lowest BCUT2D eigenvalue weighted by atomic mass is 10.0. The van der Waals surface area contributed by atoms with Gasteiger partial charge in [-0.15, -0.1) is 11.3 Å². The Hall–Kier alpha value is -3.30. The van der Waals surface area contributed by atoms with Gasteiger partial charge in [0.25, 0.3) is 0 Å². The molecule has 7 nitrogen and oxygen atoms in total. The molecule has 0 bridgehead atoms. The number of furan rings is 1. The number of nitrogens with two attached hydrogens (primary N) is 1. The van der Waals surface area contributed by atoms with E-state index in [9.17, 15) is 4.39 Å². The second-order valence-corrected chi connectivity index (χ2v) is 7.22. The average molecular weight is 410 g/mol. The van der Waals surface area contributed by atoms with Gasteiger partial charge in [-0.1, -0.05) is 12.1 Å². The molecular weight excluding hydrogens is 391 g/mol. The maximum atomic E-state index is 13.0. The first-order valence-corrected chi connectivity index (χ1v) is 9.84. The maximum Gasteiger partial charge on any atom is 0.188 e. The Bertz CT molecular complexity index is 1050. The van der Waals surface area contributed by atoms with Crippen LogP contribution < -0.4 is 16.4 Å². The molecule has 0 saturated carbocycles. The number of aromatic nitrogens is 3. The van der Waals surface area contributed by atoms with E-state index in [0.29, 0.717) is 29.7 Å². The summed E-state index contributed by atoms with van der Waals surface area (Å²) in [6.07, 6.45) is 3.68. The monoisotopic (exact) mass is 410 g/mol. The molecule has 0 fully saturated rings. The summed E-state index contributed by atoms with van der Waals surface area (Å²) in [6.45, 7) is 0.531. The number of nitrogens with one attached hydrogen (secondary N) is 2. The summed E-state index contributed by atoms with van der Waals surface area (Å²) in [6, 6.07) is 11.6. The van der Waals surface area contributed by atoms with Crippen molar-refractivity contribution >= 4 is 28.1 Å². The minimum Gasteiger partial charge on any atom is -0.467 e. The van der Waals surface area contributed by atoms with Gasteiger partial charge in [-0.05, 0) is 36.2 Å². The molecule has 0 aliphatic rings. The number of rotatable bonds is 8. The fraction of sp³-hybridized carbons (Fsp3) is 0.150. The summed E-state index contributed by atoms with van der Waals surface area (Å²) < 4.78 is 18.3. The lowest BCUT2D eigenvalue weighted by Gasteiger charge is -2.09. The maximum absolute atomic E-state index is 13.0. The van der Waals surface area contributed by atoms with Gasteiger partial charge in [0.05, 0.1) is 24.5 Å². The van der Waals surface area contributed by atoms with Crippen LogP contribution in [0.25, 0.3) is 0 Å². The van der Waals surface area contributed by atoms with E-state index in [1.165, 1.54) is 29.8 Å². The fourth-order valence-corrected chi connectivity index (χ4v) is 3.50. The summed E-state index contributed by atoms with van der Waals surface area (Å²) in [5, 5.41) is 8.95. The minimum absolute atomic E-state index is 0.259. The van der Waals surface area contributed by atoms with Crippen LogP contribution in [0.3, 0.4) is 0 Å². The molecule has 3 aromatic heterocycles. The van der Waals surface area contributed by atoms with Gasteiger partial charge in [-0.3, -0.25) is 0 Å². The topological polar surface area (TPSA) is 102 Å². The third kappa shape index (κ3) is 5.15. The van der Waals surface area contributed by atoms with Crippen molar-refractivity contribution < 1.29 is 8.81 Å². The molecule has 4 rings (SSSR count). The molecule has 29 heavy (non-hydrogen) atoms. The van der Waals surface area contributed by atoms with Gasteiger partial charge < -0.3 is 20.8 Å². The van der Waals surface area contributed by atoms with Crippen LogP contribution in [0.1, 0.15) is 23.1 Å². The van der Waals surface area contributed by atoms with Crippen molar-refractivity contribution in [2.24, 2.45) is 5.73 Å². The number of nitrogens with zero attached hydrogens (tertiary/aromatic N) is 3. The quantitative estimate of drug-likeness (QED) is 0.399. The molecule has 4 aromatic rings. The first-order valence-electron chi connectivity index (χ1n) is 8.96. The molecule has 0 spiro atoms. The normalized spacial score (nSPS) is 11.9. The summed E-state index contributed by atoms with van der Waals surface area (Å²) in [7, 11) is 0. The van der Waals surface area contributed by atoms with Crippen molar-refractivity contribution in [1.29, 1.82) is 0 Å². The van der Waals surface area contributed by atoms with Crippen LogP contribution in [0.5, 0.6) is 0 Å². The van der Waals surface area contributed by atoms with Crippen LogP contribution in [0.2, 0.25) is 0 Å². The summed E-state index contributed by atoms with van der Waals surface area (Å²) in [5.41, 5.74) is 7.99. The van der Waals surface area contributed by atoms with E-state index in [1.807, 2.05) is 17.5 Å². The van der Waals surface area contributed by atoms with Gasteiger partial charge in [0.1, 0.15) is 29.5 Å². The number of thiazole rings is 1. The van der Waals surface area contributed by atoms with Crippen molar-refractivity contribution in [1.82, 2.24) is 15.0 Å². The van der Waals surface area contributed by atoms with Crippen LogP contribution in [0.15, 0.2) is 64.9 Å². The lowest BCUT2D eigenvalue weighted by Crippen LogP contribution is -2.13. The molecule has 0 aliphatic carbocycles. The summed E-state index contributed by atoms with van der Waals surface area (Å²) in [5.74, 6) is 1.85. The highest BCUT2D eigenvalue weighted by molar-refractivity contribution is 7.13. The van der Waals surface area contributed by atoms with Gasteiger partial charge in [0.15, 0.2) is 5.13 Å². The predicted molar refractivity (Wildman–Crippen MR) is 110 cm³/mol. The number of hydrogen-bond acceptors (Lipinski definition) is 8. The lowest BCUT2D eigenvalue weighted by molar-refractivity contribution is 0.518. The molecule has 0 saturated heterocycles. The van der Waals surface area contributed by atoms with Gasteiger partial charge >= 0.3 is 0 Å². The Morgan fingerprint density at radius 1 is 1.14 bits per heavy atom. The molecule has 1 aromatic carbocycles. The molecule has 1 atom stereocenters. The van der Waals surface area contributed by atoms with Crippen LogP contribution in [-0.2, 0) is 13.0 Å². The highest BCUT2D eigenvalue weighted by atomic mass is 32.1. The van der Waals surface area contributed by atoms with Crippen LogP contribution in [0, 0.1) is 5.82 Å². The molecule has 0 radical (unpaired) electrons.